The van der Waals surface area contributed by atoms with Crippen LogP contribution in [-0.2, 0) is 17.6 Å². The molecule has 0 unspecified atom stereocenters. The Bertz CT molecular complexity index is 475. The Labute approximate surface area is 107 Å². The van der Waals surface area contributed by atoms with Crippen LogP contribution < -0.4 is 4.74 Å². The van der Waals surface area contributed by atoms with Crippen molar-refractivity contribution < 1.29 is 14.6 Å². The van der Waals surface area contributed by atoms with Crippen LogP contribution in [0.4, 0.5) is 0 Å². The van der Waals surface area contributed by atoms with Crippen molar-refractivity contribution in [3.05, 3.63) is 41.0 Å². The topological polar surface area (TPSA) is 46.5 Å². The molecule has 0 saturated heterocycles. The molecule has 0 saturated carbocycles. The second kappa shape index (κ2) is 5.71. The number of ether oxygens (including phenoxy) is 1. The Morgan fingerprint density at radius 2 is 2.06 bits per heavy atom. The smallest absolute Gasteiger partial charge is 0.328 e. The van der Waals surface area contributed by atoms with Crippen LogP contribution in [0.1, 0.15) is 30.9 Å². The zero-order valence-electron chi connectivity index (χ0n) is 10.6. The minimum absolute atomic E-state index is 0.324. The molecule has 0 bridgehead atoms. The summed E-state index contributed by atoms with van der Waals surface area (Å²) in [5.41, 5.74) is 3.50. The summed E-state index contributed by atoms with van der Waals surface area (Å²) in [6, 6.07) is 6.18. The highest BCUT2D eigenvalue weighted by molar-refractivity contribution is 5.80. The molecule has 3 heteroatoms. The summed E-state index contributed by atoms with van der Waals surface area (Å²) in [5.74, 6) is -0.102. The molecule has 1 aromatic carbocycles. The maximum atomic E-state index is 10.5. The molecule has 0 radical (unpaired) electrons. The van der Waals surface area contributed by atoms with Crippen LogP contribution in [0, 0.1) is 0 Å². The minimum atomic E-state index is -0.929. The van der Waals surface area contributed by atoms with Gasteiger partial charge in [-0.2, -0.15) is 0 Å². The van der Waals surface area contributed by atoms with Gasteiger partial charge in [0.05, 0.1) is 0 Å². The molecule has 0 amide bonds. The van der Waals surface area contributed by atoms with E-state index in [1.54, 1.807) is 6.92 Å². The van der Waals surface area contributed by atoms with E-state index < -0.39 is 5.97 Å². The summed E-state index contributed by atoms with van der Waals surface area (Å²) in [5, 5.41) is 8.61. The Morgan fingerprint density at radius 1 is 1.33 bits per heavy atom. The van der Waals surface area contributed by atoms with Gasteiger partial charge in [0.25, 0.3) is 0 Å². The highest BCUT2D eigenvalue weighted by atomic mass is 16.5. The predicted molar refractivity (Wildman–Crippen MR) is 70.0 cm³/mol. The van der Waals surface area contributed by atoms with Gasteiger partial charge in [0.2, 0.25) is 0 Å². The molecule has 1 aliphatic rings. The first-order valence-corrected chi connectivity index (χ1v) is 6.30. The number of carboxylic acids is 1. The van der Waals surface area contributed by atoms with Crippen LogP contribution >= 0.6 is 0 Å². The molecule has 18 heavy (non-hydrogen) atoms. The van der Waals surface area contributed by atoms with Crippen molar-refractivity contribution in [3.63, 3.8) is 0 Å². The van der Waals surface area contributed by atoms with Gasteiger partial charge in [0.15, 0.2) is 0 Å². The van der Waals surface area contributed by atoms with Crippen molar-refractivity contribution in [2.45, 2.75) is 32.6 Å². The first-order chi connectivity index (χ1) is 8.65. The third-order valence-corrected chi connectivity index (χ3v) is 3.16. The zero-order valence-corrected chi connectivity index (χ0v) is 10.6. The number of aryl methyl sites for hydroxylation is 2. The van der Waals surface area contributed by atoms with Crippen LogP contribution in [0.15, 0.2) is 29.8 Å². The van der Waals surface area contributed by atoms with Crippen molar-refractivity contribution in [2.75, 3.05) is 6.61 Å². The van der Waals surface area contributed by atoms with Crippen LogP contribution in [0.5, 0.6) is 5.75 Å². The number of hydrogen-bond donors (Lipinski definition) is 1. The molecule has 1 aromatic rings. The lowest BCUT2D eigenvalue weighted by atomic mass is 9.92. The molecule has 2 rings (SSSR count). The van der Waals surface area contributed by atoms with Gasteiger partial charge in [-0.3, -0.25) is 0 Å². The summed E-state index contributed by atoms with van der Waals surface area (Å²) in [6.45, 7) is 2.08. The number of rotatable bonds is 4. The number of benzene rings is 1. The number of carboxylic acid groups (broad SMARTS) is 1. The molecule has 96 valence electrons. The third kappa shape index (κ3) is 3.36. The Balaban J connectivity index is 2.00. The van der Waals surface area contributed by atoms with Crippen LogP contribution in [0.25, 0.3) is 0 Å². The fraction of sp³-hybridized carbons (Fsp3) is 0.400. The van der Waals surface area contributed by atoms with Crippen molar-refractivity contribution in [2.24, 2.45) is 0 Å². The molecular formula is C15H18O3. The Morgan fingerprint density at radius 3 is 2.78 bits per heavy atom. The first-order valence-electron chi connectivity index (χ1n) is 6.30. The molecule has 0 aromatic heterocycles. The lowest BCUT2D eigenvalue weighted by molar-refractivity contribution is -0.131. The molecule has 1 N–H and O–H groups in total. The van der Waals surface area contributed by atoms with Gasteiger partial charge in [-0.05, 0) is 61.4 Å². The van der Waals surface area contributed by atoms with Crippen LogP contribution in [-0.4, -0.2) is 17.7 Å². The summed E-state index contributed by atoms with van der Waals surface area (Å²) >= 11 is 0. The molecule has 0 spiro atoms. The normalized spacial score (nSPS) is 15.1. The van der Waals surface area contributed by atoms with Crippen molar-refractivity contribution >= 4 is 5.97 Å². The predicted octanol–water partition coefficient (Wildman–Crippen LogP) is 2.98. The molecule has 0 heterocycles. The summed E-state index contributed by atoms with van der Waals surface area (Å²) in [4.78, 5) is 10.5. The average Bonchev–Trinajstić information content (AvgIpc) is 2.35. The van der Waals surface area contributed by atoms with Gasteiger partial charge >= 0.3 is 5.97 Å². The van der Waals surface area contributed by atoms with E-state index in [1.807, 2.05) is 6.07 Å². The van der Waals surface area contributed by atoms with E-state index in [0.29, 0.717) is 12.2 Å². The Kier molecular flexibility index (Phi) is 4.03. The van der Waals surface area contributed by atoms with E-state index in [2.05, 4.69) is 12.1 Å². The highest BCUT2D eigenvalue weighted by Gasteiger charge is 2.09. The maximum Gasteiger partial charge on any atom is 0.328 e. The summed E-state index contributed by atoms with van der Waals surface area (Å²) < 4.78 is 5.60. The maximum absolute atomic E-state index is 10.5. The number of aliphatic carboxylic acids is 1. The standard InChI is InChI=1S/C15H18O3/c1-11(8-15(16)17)10-18-14-7-6-12-4-2-3-5-13(12)9-14/h6-9H,2-5,10H2,1H3,(H,16,17)/b11-8+. The fourth-order valence-electron chi connectivity index (χ4n) is 2.25. The number of fused-ring (bicyclic) bond motifs is 1. The second-order valence-corrected chi connectivity index (χ2v) is 4.76. The largest absolute Gasteiger partial charge is 0.489 e. The van der Waals surface area contributed by atoms with E-state index >= 15 is 0 Å². The quantitative estimate of drug-likeness (QED) is 0.831. The lowest BCUT2D eigenvalue weighted by Crippen LogP contribution is -2.05. The second-order valence-electron chi connectivity index (χ2n) is 4.76. The zero-order chi connectivity index (χ0) is 13.0. The SMILES string of the molecule is C/C(=C\C(=O)O)COc1ccc2c(c1)CCCC2. The fourth-order valence-corrected chi connectivity index (χ4v) is 2.25. The molecule has 0 atom stereocenters. The number of carbonyl (C=O) groups is 1. The van der Waals surface area contributed by atoms with Crippen LogP contribution in [0.3, 0.4) is 0 Å². The molecule has 3 nitrogen and oxygen atoms in total. The molecule has 0 aliphatic heterocycles. The van der Waals surface area contributed by atoms with E-state index in [0.717, 1.165) is 18.6 Å². The van der Waals surface area contributed by atoms with E-state index in [4.69, 9.17) is 9.84 Å². The number of hydrogen-bond acceptors (Lipinski definition) is 2. The highest BCUT2D eigenvalue weighted by Crippen LogP contribution is 2.25. The lowest BCUT2D eigenvalue weighted by Gasteiger charge is -2.16. The molecule has 0 fully saturated rings. The van der Waals surface area contributed by atoms with Gasteiger partial charge in [-0.15, -0.1) is 0 Å². The molecule has 1 aliphatic carbocycles. The van der Waals surface area contributed by atoms with Gasteiger partial charge < -0.3 is 9.84 Å². The van der Waals surface area contributed by atoms with Crippen molar-refractivity contribution in [1.29, 1.82) is 0 Å². The van der Waals surface area contributed by atoms with Gasteiger partial charge in [-0.25, -0.2) is 4.79 Å². The summed E-state index contributed by atoms with van der Waals surface area (Å²) in [7, 11) is 0. The first kappa shape index (κ1) is 12.7. The summed E-state index contributed by atoms with van der Waals surface area (Å²) in [6.07, 6.45) is 5.98. The van der Waals surface area contributed by atoms with Crippen molar-refractivity contribution in [1.82, 2.24) is 0 Å². The van der Waals surface area contributed by atoms with E-state index in [-0.39, 0.29) is 0 Å². The van der Waals surface area contributed by atoms with E-state index in [9.17, 15) is 4.79 Å². The minimum Gasteiger partial charge on any atom is -0.489 e. The van der Waals surface area contributed by atoms with E-state index in [1.165, 1.54) is 30.0 Å². The van der Waals surface area contributed by atoms with Gasteiger partial charge in [-0.1, -0.05) is 6.07 Å². The van der Waals surface area contributed by atoms with Crippen LogP contribution in [0.2, 0.25) is 0 Å². The van der Waals surface area contributed by atoms with Gasteiger partial charge in [0.1, 0.15) is 12.4 Å². The molecular weight excluding hydrogens is 228 g/mol. The van der Waals surface area contributed by atoms with Crippen molar-refractivity contribution in [3.8, 4) is 5.75 Å². The average molecular weight is 246 g/mol. The third-order valence-electron chi connectivity index (χ3n) is 3.16. The Hall–Kier alpha value is -1.77. The monoisotopic (exact) mass is 246 g/mol. The van der Waals surface area contributed by atoms with Gasteiger partial charge in [0, 0.05) is 6.08 Å².